The lowest BCUT2D eigenvalue weighted by molar-refractivity contribution is 0.0283. The Morgan fingerprint density at radius 3 is 1.53 bits per heavy atom. The maximum atomic E-state index is 13.2. The van der Waals surface area contributed by atoms with Crippen molar-refractivity contribution in [1.82, 2.24) is 29.6 Å². The van der Waals surface area contributed by atoms with Gasteiger partial charge < -0.3 is 30.7 Å². The topological polar surface area (TPSA) is 143 Å². The van der Waals surface area contributed by atoms with E-state index >= 15 is 0 Å². The van der Waals surface area contributed by atoms with E-state index in [2.05, 4.69) is 93.4 Å². The number of aromatic nitrogens is 2. The summed E-state index contributed by atoms with van der Waals surface area (Å²) in [5.74, 6) is 0.463. The van der Waals surface area contributed by atoms with Crippen molar-refractivity contribution in [2.24, 2.45) is 0 Å². The van der Waals surface area contributed by atoms with Crippen LogP contribution in [0.1, 0.15) is 59.5 Å². The molecule has 0 spiro atoms. The lowest BCUT2D eigenvalue weighted by atomic mass is 10.0. The number of hydrogen-bond acceptors (Lipinski definition) is 10. The highest BCUT2D eigenvalue weighted by Crippen LogP contribution is 2.28. The van der Waals surface area contributed by atoms with Crippen LogP contribution in [0, 0.1) is 15.2 Å². The fourth-order valence-corrected chi connectivity index (χ4v) is 7.36. The van der Waals surface area contributed by atoms with E-state index in [1.165, 1.54) is 38.5 Å². The van der Waals surface area contributed by atoms with Crippen LogP contribution in [-0.4, -0.2) is 106 Å². The Labute approximate surface area is 370 Å². The van der Waals surface area contributed by atoms with E-state index in [-0.39, 0.29) is 59.4 Å². The quantitative estimate of drug-likeness (QED) is 0.171. The number of hydrogen-bond donors (Lipinski definition) is 2. The molecule has 2 fully saturated rings. The van der Waals surface area contributed by atoms with Crippen molar-refractivity contribution >= 4 is 83.3 Å². The van der Waals surface area contributed by atoms with E-state index in [1.54, 1.807) is 42.5 Å². The second kappa shape index (κ2) is 21.7. The summed E-state index contributed by atoms with van der Waals surface area (Å²) in [5, 5.41) is 0. The van der Waals surface area contributed by atoms with Crippen LogP contribution >= 0.6 is 59.8 Å². The highest BCUT2D eigenvalue weighted by molar-refractivity contribution is 15.0. The Morgan fingerprint density at radius 2 is 1.09 bits per heavy atom. The summed E-state index contributed by atoms with van der Waals surface area (Å²) in [7, 11) is 2.96. The third-order valence-corrected chi connectivity index (χ3v) is 10.9. The molecule has 4 heterocycles. The molecular formula is C40H49F2I3N8O4. The maximum Gasteiger partial charge on any atom is 0.259 e. The number of amides is 2. The van der Waals surface area contributed by atoms with Gasteiger partial charge in [0.05, 0.1) is 17.8 Å². The molecule has 0 bridgehead atoms. The first-order chi connectivity index (χ1) is 27.2. The average Bonchev–Trinajstić information content (AvgIpc) is 3.20. The van der Waals surface area contributed by atoms with Gasteiger partial charge in [0.25, 0.3) is 11.8 Å². The number of halogens is 5. The molecule has 0 radical (unpaired) electrons. The standard InChI is InChI=1S/C20H24FIN4O2.C20H25FN4O2.I2/c1-12-10-26(20(27)16-8-17(22)18(23)24-19(16)28-3)13(2)9-25(12)11-14-4-6-15(21)7-5-14;1-13-11-25(20(26)17-8-9-18(22)23-19(17)27-3)14(2)10-24(13)12-15-4-6-16(21)7-5-15;1-2/h4-8,12-13H,9-11H2,1-3H3,(H2,23,24);4-9,13-14H,10-12H2,1-3H3,(H2,22,23);/t12-,13+;13-,14+;/m00./s1. The summed E-state index contributed by atoms with van der Waals surface area (Å²) in [6, 6.07) is 18.5. The van der Waals surface area contributed by atoms with Gasteiger partial charge in [0, 0.05) is 101 Å². The third kappa shape index (κ3) is 12.2. The van der Waals surface area contributed by atoms with Crippen LogP contribution in [0.5, 0.6) is 11.8 Å². The van der Waals surface area contributed by atoms with E-state index in [4.69, 9.17) is 20.9 Å². The fraction of sp³-hybridized carbons (Fsp3) is 0.400. The van der Waals surface area contributed by atoms with Crippen LogP contribution in [0.4, 0.5) is 20.4 Å². The Morgan fingerprint density at radius 1 is 0.667 bits per heavy atom. The van der Waals surface area contributed by atoms with Gasteiger partial charge in [0.1, 0.15) is 34.4 Å². The zero-order valence-corrected chi connectivity index (χ0v) is 39.2. The van der Waals surface area contributed by atoms with Crippen molar-refractivity contribution in [1.29, 1.82) is 0 Å². The summed E-state index contributed by atoms with van der Waals surface area (Å²) in [4.78, 5) is 42.9. The second-order valence-electron chi connectivity index (χ2n) is 14.1. The summed E-state index contributed by atoms with van der Waals surface area (Å²) < 4.78 is 37.5. The van der Waals surface area contributed by atoms with Crippen molar-refractivity contribution in [3.8, 4) is 11.8 Å². The molecule has 12 nitrogen and oxygen atoms in total. The van der Waals surface area contributed by atoms with E-state index in [0.29, 0.717) is 35.9 Å². The van der Waals surface area contributed by atoms with E-state index < -0.39 is 0 Å². The number of methoxy groups -OCH3 is 2. The molecule has 6 rings (SSSR count). The SMILES string of the molecule is COc1nc(N)c(I)cc1C(=O)N1C[C@H](C)N(Cc2ccc(F)cc2)C[C@H]1C.COc1nc(N)ccc1C(=O)N1C[C@H](C)N(Cc2ccc(F)cc2)C[C@H]1C.II. The lowest BCUT2D eigenvalue weighted by Crippen LogP contribution is -2.57. The summed E-state index contributed by atoms with van der Waals surface area (Å²) >= 11 is 6.31. The largest absolute Gasteiger partial charge is 0.480 e. The first-order valence-corrected chi connectivity index (χ1v) is 25.6. The zero-order valence-electron chi connectivity index (χ0n) is 32.8. The molecule has 2 aliphatic heterocycles. The molecule has 2 aliphatic rings. The number of benzene rings is 2. The highest BCUT2D eigenvalue weighted by atomic mass is 128. The molecule has 0 unspecified atom stereocenters. The molecule has 2 saturated heterocycles. The first kappa shape index (κ1) is 46.5. The van der Waals surface area contributed by atoms with Crippen LogP contribution in [0.2, 0.25) is 0 Å². The van der Waals surface area contributed by atoms with Gasteiger partial charge in [-0.25, -0.2) is 8.78 Å². The van der Waals surface area contributed by atoms with Gasteiger partial charge in [0.2, 0.25) is 11.8 Å². The molecule has 2 amide bonds. The summed E-state index contributed by atoms with van der Waals surface area (Å²) in [5.41, 5.74) is 14.5. The normalized spacial score (nSPS) is 19.8. The number of nitrogens with two attached hydrogens (primary N) is 2. The van der Waals surface area contributed by atoms with E-state index in [1.807, 2.05) is 23.6 Å². The fourth-order valence-electron chi connectivity index (χ4n) is 6.93. The second-order valence-corrected chi connectivity index (χ2v) is 15.3. The van der Waals surface area contributed by atoms with Crippen LogP contribution in [0.15, 0.2) is 66.7 Å². The Balaban J connectivity index is 0.000000242. The molecular weight excluding hydrogens is 1080 g/mol. The Bertz CT molecular complexity index is 1960. The van der Waals surface area contributed by atoms with Gasteiger partial charge in [-0.15, -0.1) is 0 Å². The number of piperazine rings is 2. The molecule has 0 saturated carbocycles. The van der Waals surface area contributed by atoms with Crippen molar-refractivity contribution in [2.45, 2.75) is 65.0 Å². The predicted molar refractivity (Wildman–Crippen MR) is 245 cm³/mol. The number of nitrogens with zero attached hydrogens (tertiary/aromatic N) is 6. The monoisotopic (exact) mass is 1120 g/mol. The number of carbonyl (C=O) groups excluding carboxylic acids is 2. The molecule has 2 aromatic carbocycles. The zero-order chi connectivity index (χ0) is 42.0. The summed E-state index contributed by atoms with van der Waals surface area (Å²) in [6.07, 6.45) is 0. The van der Waals surface area contributed by atoms with Crippen LogP contribution in [-0.2, 0) is 13.1 Å². The van der Waals surface area contributed by atoms with Gasteiger partial charge >= 0.3 is 0 Å². The van der Waals surface area contributed by atoms with E-state index in [0.717, 1.165) is 40.9 Å². The molecule has 0 aliphatic carbocycles. The molecule has 4 atom stereocenters. The molecule has 4 aromatic rings. The van der Waals surface area contributed by atoms with Crippen molar-refractivity contribution in [3.05, 3.63) is 104 Å². The molecule has 17 heteroatoms. The Hall–Kier alpha value is -3.15. The van der Waals surface area contributed by atoms with Gasteiger partial charge in [-0.2, -0.15) is 9.97 Å². The number of pyridine rings is 2. The minimum absolute atomic E-state index is 0.0177. The minimum Gasteiger partial charge on any atom is -0.480 e. The highest BCUT2D eigenvalue weighted by Gasteiger charge is 2.35. The lowest BCUT2D eigenvalue weighted by Gasteiger charge is -2.44. The average molecular weight is 1120 g/mol. The van der Waals surface area contributed by atoms with Crippen LogP contribution < -0.4 is 20.9 Å². The van der Waals surface area contributed by atoms with E-state index in [9.17, 15) is 18.4 Å². The van der Waals surface area contributed by atoms with Crippen molar-refractivity contribution in [3.63, 3.8) is 0 Å². The van der Waals surface area contributed by atoms with Gasteiger partial charge in [-0.1, -0.05) is 24.3 Å². The number of nitrogen functional groups attached to an aromatic ring is 2. The maximum absolute atomic E-state index is 13.2. The number of ether oxygens (including phenoxy) is 2. The van der Waals surface area contributed by atoms with Crippen LogP contribution in [0.3, 0.4) is 0 Å². The van der Waals surface area contributed by atoms with Crippen molar-refractivity contribution < 1.29 is 27.8 Å². The van der Waals surface area contributed by atoms with Gasteiger partial charge in [-0.3, -0.25) is 19.4 Å². The predicted octanol–water partition coefficient (Wildman–Crippen LogP) is 7.47. The van der Waals surface area contributed by atoms with Gasteiger partial charge in [0.15, 0.2) is 0 Å². The number of anilines is 2. The molecule has 308 valence electrons. The Kier molecular flexibility index (Phi) is 17.7. The van der Waals surface area contributed by atoms with Crippen molar-refractivity contribution in [2.75, 3.05) is 51.9 Å². The molecule has 2 aromatic heterocycles. The summed E-state index contributed by atoms with van der Waals surface area (Å²) in [6.45, 7) is 12.3. The van der Waals surface area contributed by atoms with Gasteiger partial charge in [-0.05, 0) is 104 Å². The molecule has 57 heavy (non-hydrogen) atoms. The molecule has 4 N–H and O–H groups in total. The minimum atomic E-state index is -0.235. The number of rotatable bonds is 8. The third-order valence-electron chi connectivity index (χ3n) is 10.0. The number of carbonyl (C=O) groups is 2. The van der Waals surface area contributed by atoms with Crippen LogP contribution in [0.25, 0.3) is 0 Å². The first-order valence-electron chi connectivity index (χ1n) is 18.2. The smallest absolute Gasteiger partial charge is 0.259 e.